The van der Waals surface area contributed by atoms with Crippen LogP contribution in [0.15, 0.2) is 48.8 Å². The molecule has 36 heavy (non-hydrogen) atoms. The molecule has 2 aromatic heterocycles. The van der Waals surface area contributed by atoms with Gasteiger partial charge in [-0.25, -0.2) is 9.31 Å². The molecule has 3 aromatic rings. The molecule has 5 rings (SSSR count). The van der Waals surface area contributed by atoms with Crippen LogP contribution < -0.4 is 15.1 Å². The van der Waals surface area contributed by atoms with E-state index in [0.717, 1.165) is 16.7 Å². The number of benzene rings is 1. The Morgan fingerprint density at radius 3 is 2.31 bits per heavy atom. The van der Waals surface area contributed by atoms with Crippen molar-refractivity contribution < 1.29 is 23.8 Å². The minimum atomic E-state index is -0.496. The molecule has 2 aliphatic rings. The summed E-state index contributed by atoms with van der Waals surface area (Å²) in [6.07, 6.45) is 3.21. The number of fused-ring (bicyclic) bond motifs is 1. The number of carbonyl (C=O) groups is 1. The second-order valence-electron chi connectivity index (χ2n) is 10.0. The van der Waals surface area contributed by atoms with Gasteiger partial charge in [0.2, 0.25) is 0 Å². The quantitative estimate of drug-likeness (QED) is 0.310. The second kappa shape index (κ2) is 8.79. The molecule has 0 N–H and O–H groups in total. The summed E-state index contributed by atoms with van der Waals surface area (Å²) in [6, 6.07) is 9.47. The van der Waals surface area contributed by atoms with Crippen LogP contribution >= 0.6 is 0 Å². The van der Waals surface area contributed by atoms with Crippen molar-refractivity contribution in [3.8, 4) is 5.75 Å². The van der Waals surface area contributed by atoms with E-state index in [-0.39, 0.29) is 11.4 Å². The minimum absolute atomic E-state index is 0.0564. The van der Waals surface area contributed by atoms with Crippen LogP contribution in [0, 0.1) is 10.1 Å². The zero-order valence-electron chi connectivity index (χ0n) is 20.7. The molecule has 0 bridgehead atoms. The van der Waals surface area contributed by atoms with Gasteiger partial charge in [-0.2, -0.15) is 5.10 Å². The molecule has 0 radical (unpaired) electrons. The topological polar surface area (TPSA) is 112 Å². The Morgan fingerprint density at radius 1 is 1.06 bits per heavy atom. The molecule has 1 amide bonds. The van der Waals surface area contributed by atoms with E-state index >= 15 is 0 Å². The fourth-order valence-corrected chi connectivity index (χ4v) is 4.33. The van der Waals surface area contributed by atoms with Crippen molar-refractivity contribution in [2.75, 3.05) is 31.1 Å². The van der Waals surface area contributed by atoms with Crippen LogP contribution in [0.25, 0.3) is 5.52 Å². The maximum atomic E-state index is 12.6. The van der Waals surface area contributed by atoms with Crippen molar-refractivity contribution in [2.45, 2.75) is 38.9 Å². The van der Waals surface area contributed by atoms with Crippen molar-refractivity contribution >= 4 is 35.6 Å². The van der Waals surface area contributed by atoms with E-state index in [1.807, 2.05) is 50.5 Å². The predicted molar refractivity (Wildman–Crippen MR) is 134 cm³/mol. The van der Waals surface area contributed by atoms with Gasteiger partial charge in [0, 0.05) is 56.2 Å². The number of anilines is 1. The smallest absolute Gasteiger partial charge is 0.410 e. The van der Waals surface area contributed by atoms with E-state index in [1.54, 1.807) is 11.1 Å². The summed E-state index contributed by atoms with van der Waals surface area (Å²) in [4.78, 5) is 26.7. The van der Waals surface area contributed by atoms with Gasteiger partial charge >= 0.3 is 13.2 Å². The summed E-state index contributed by atoms with van der Waals surface area (Å²) >= 11 is 0. The summed E-state index contributed by atoms with van der Waals surface area (Å²) in [7, 11) is -0.476. The molecule has 4 heterocycles. The molecule has 2 saturated heterocycles. The highest BCUT2D eigenvalue weighted by atomic mass is 16.7. The lowest BCUT2D eigenvalue weighted by Gasteiger charge is -2.35. The van der Waals surface area contributed by atoms with Crippen LogP contribution in [0.1, 0.15) is 27.7 Å². The first-order chi connectivity index (χ1) is 17.0. The SMILES string of the molecule is CC1(C)OB(c2cc3c(N4CCN(C(=O)Oc5ccc([N+](=O)[O-])cc5)CC4)ccnn3c2)OC1(C)C. The van der Waals surface area contributed by atoms with Crippen LogP contribution in [-0.4, -0.2) is 70.0 Å². The lowest BCUT2D eigenvalue weighted by atomic mass is 9.81. The summed E-state index contributed by atoms with van der Waals surface area (Å²) in [5, 5.41) is 15.3. The van der Waals surface area contributed by atoms with Gasteiger partial charge in [-0.15, -0.1) is 0 Å². The standard InChI is InChI=1S/C24H28BN5O6/c1-23(2)24(3,4)36-25(35-23)17-15-21-20(9-10-26-29(21)16-17)27-11-13-28(14-12-27)22(31)34-19-7-5-18(6-8-19)30(32)33/h5-10,15-16H,11-14H2,1-4H3. The zero-order chi connectivity index (χ0) is 25.7. The largest absolute Gasteiger partial charge is 0.496 e. The van der Waals surface area contributed by atoms with Gasteiger partial charge in [0.15, 0.2) is 0 Å². The van der Waals surface area contributed by atoms with E-state index in [2.05, 4.69) is 10.00 Å². The maximum absolute atomic E-state index is 12.6. The monoisotopic (exact) mass is 493 g/mol. The molecule has 12 heteroatoms. The summed E-state index contributed by atoms with van der Waals surface area (Å²) in [5.41, 5.74) is 1.93. The molecule has 11 nitrogen and oxygen atoms in total. The maximum Gasteiger partial charge on any atom is 0.496 e. The Hall–Kier alpha value is -3.64. The lowest BCUT2D eigenvalue weighted by molar-refractivity contribution is -0.384. The molecule has 2 aliphatic heterocycles. The van der Waals surface area contributed by atoms with Crippen molar-refractivity contribution in [2.24, 2.45) is 0 Å². The van der Waals surface area contributed by atoms with Crippen LogP contribution in [0.5, 0.6) is 5.75 Å². The Bertz CT molecular complexity index is 1280. The van der Waals surface area contributed by atoms with Gasteiger partial charge in [0.25, 0.3) is 5.69 Å². The molecule has 2 fully saturated rings. The number of piperazine rings is 1. The molecule has 188 valence electrons. The highest BCUT2D eigenvalue weighted by molar-refractivity contribution is 6.62. The number of nitro groups is 1. The van der Waals surface area contributed by atoms with Crippen LogP contribution in [-0.2, 0) is 9.31 Å². The second-order valence-corrected chi connectivity index (χ2v) is 10.0. The van der Waals surface area contributed by atoms with Crippen LogP contribution in [0.3, 0.4) is 0 Å². The number of hydrogen-bond donors (Lipinski definition) is 0. The third kappa shape index (κ3) is 4.37. The molecule has 0 aliphatic carbocycles. The van der Waals surface area contributed by atoms with Crippen molar-refractivity contribution in [1.82, 2.24) is 14.5 Å². The Morgan fingerprint density at radius 2 is 1.69 bits per heavy atom. The fraction of sp³-hybridized carbons (Fsp3) is 0.417. The number of nitro benzene ring substituents is 1. The number of hydrogen-bond acceptors (Lipinski definition) is 8. The highest BCUT2D eigenvalue weighted by Gasteiger charge is 2.52. The number of carbonyl (C=O) groups excluding carboxylic acids is 1. The third-order valence-electron chi connectivity index (χ3n) is 7.16. The van der Waals surface area contributed by atoms with E-state index < -0.39 is 29.3 Å². The average molecular weight is 493 g/mol. The number of rotatable bonds is 4. The normalized spacial score (nSPS) is 19.1. The Balaban J connectivity index is 1.26. The average Bonchev–Trinajstić information content (AvgIpc) is 3.37. The first-order valence-electron chi connectivity index (χ1n) is 11.8. The summed E-state index contributed by atoms with van der Waals surface area (Å²) < 4.78 is 19.6. The van der Waals surface area contributed by atoms with Crippen molar-refractivity contribution in [3.63, 3.8) is 0 Å². The predicted octanol–water partition coefficient (Wildman–Crippen LogP) is 2.86. The van der Waals surface area contributed by atoms with Crippen molar-refractivity contribution in [3.05, 3.63) is 58.9 Å². The zero-order valence-corrected chi connectivity index (χ0v) is 20.7. The third-order valence-corrected chi connectivity index (χ3v) is 7.16. The van der Waals surface area contributed by atoms with Crippen molar-refractivity contribution in [1.29, 1.82) is 0 Å². The lowest BCUT2D eigenvalue weighted by Crippen LogP contribution is -2.49. The molecule has 0 unspecified atom stereocenters. The summed E-state index contributed by atoms with van der Waals surface area (Å²) in [6.45, 7) is 10.3. The first-order valence-corrected chi connectivity index (χ1v) is 11.8. The highest BCUT2D eigenvalue weighted by Crippen LogP contribution is 2.36. The van der Waals surface area contributed by atoms with Crippen LogP contribution in [0.4, 0.5) is 16.2 Å². The molecule has 1 aromatic carbocycles. The van der Waals surface area contributed by atoms with E-state index in [4.69, 9.17) is 14.0 Å². The first kappa shape index (κ1) is 24.1. The van der Waals surface area contributed by atoms with Gasteiger partial charge in [-0.05, 0) is 52.0 Å². The molecule has 0 spiro atoms. The number of ether oxygens (including phenoxy) is 1. The van der Waals surface area contributed by atoms with Gasteiger partial charge < -0.3 is 23.8 Å². The fourth-order valence-electron chi connectivity index (χ4n) is 4.33. The number of non-ortho nitro benzene ring substituents is 1. The van der Waals surface area contributed by atoms with E-state index in [0.29, 0.717) is 26.2 Å². The molecular weight excluding hydrogens is 465 g/mol. The van der Waals surface area contributed by atoms with Gasteiger partial charge in [0.05, 0.1) is 27.3 Å². The van der Waals surface area contributed by atoms with Gasteiger partial charge in [-0.3, -0.25) is 10.1 Å². The Kier molecular flexibility index (Phi) is 5.88. The number of nitrogens with zero attached hydrogens (tertiary/aromatic N) is 5. The molecule has 0 atom stereocenters. The van der Waals surface area contributed by atoms with Crippen LogP contribution in [0.2, 0.25) is 0 Å². The summed E-state index contributed by atoms with van der Waals surface area (Å²) in [5.74, 6) is 0.271. The van der Waals surface area contributed by atoms with E-state index in [9.17, 15) is 14.9 Å². The number of amides is 1. The Labute approximate surface area is 208 Å². The number of aromatic nitrogens is 2. The van der Waals surface area contributed by atoms with Gasteiger partial charge in [0.1, 0.15) is 5.75 Å². The molecular formula is C24H28BN5O6. The van der Waals surface area contributed by atoms with Gasteiger partial charge in [-0.1, -0.05) is 0 Å². The van der Waals surface area contributed by atoms with E-state index in [1.165, 1.54) is 24.3 Å². The minimum Gasteiger partial charge on any atom is -0.410 e. The molecule has 0 saturated carbocycles.